The van der Waals surface area contributed by atoms with Crippen LogP contribution in [0.5, 0.6) is 0 Å². The molecule has 0 bridgehead atoms. The molecule has 5 nitrogen and oxygen atoms in total. The second-order valence-corrected chi connectivity index (χ2v) is 2.37. The number of aromatic amines is 1. The van der Waals surface area contributed by atoms with E-state index in [0.717, 1.165) is 0 Å². The number of hydrogen-bond donors (Lipinski definition) is 1. The maximum atomic E-state index is 11.1. The van der Waals surface area contributed by atoms with E-state index in [0.29, 0.717) is 17.8 Å². The van der Waals surface area contributed by atoms with Gasteiger partial charge in [0.05, 0.1) is 6.20 Å². The van der Waals surface area contributed by atoms with E-state index in [1.165, 1.54) is 6.20 Å². The highest BCUT2D eigenvalue weighted by Crippen LogP contribution is 2.08. The molecule has 0 unspecified atom stereocenters. The number of fused-ring (bicyclic) bond motifs is 1. The topological polar surface area (TPSA) is 71.8 Å². The molecule has 0 radical (unpaired) electrons. The highest BCUT2D eigenvalue weighted by Gasteiger charge is 2.06. The molecule has 62 valence electrons. The van der Waals surface area contributed by atoms with Gasteiger partial charge in [-0.05, 0) is 0 Å². The lowest BCUT2D eigenvalue weighted by molar-refractivity contribution is 0.534. The number of nitrogens with one attached hydrogen (secondary N) is 1. The molecule has 0 saturated carbocycles. The minimum absolute atomic E-state index is 0.252. The molecule has 5 heteroatoms. The van der Waals surface area contributed by atoms with Crippen molar-refractivity contribution in [2.45, 2.75) is 13.3 Å². The first-order valence-electron chi connectivity index (χ1n) is 3.64. The highest BCUT2D eigenvalue weighted by atomic mass is 16.4. The fraction of sp³-hybridized carbons (Fsp3) is 0.286. The number of H-pyrrole nitrogens is 1. The molecule has 0 aliphatic heterocycles. The van der Waals surface area contributed by atoms with E-state index in [2.05, 4.69) is 15.2 Å². The van der Waals surface area contributed by atoms with Crippen molar-refractivity contribution in [3.63, 3.8) is 0 Å². The summed E-state index contributed by atoms with van der Waals surface area (Å²) < 4.78 is 5.15. The van der Waals surface area contributed by atoms with Gasteiger partial charge in [0.25, 0.3) is 0 Å². The second kappa shape index (κ2) is 2.44. The van der Waals surface area contributed by atoms with Crippen LogP contribution < -0.4 is 5.56 Å². The first-order valence-corrected chi connectivity index (χ1v) is 3.64. The summed E-state index contributed by atoms with van der Waals surface area (Å²) in [6.45, 7) is 1.91. The van der Waals surface area contributed by atoms with Gasteiger partial charge in [-0.15, -0.1) is 0 Å². The SMILES string of the molecule is CCc1nc2cn[nH]c(=O)c2o1. The van der Waals surface area contributed by atoms with Crippen LogP contribution in [-0.2, 0) is 6.42 Å². The van der Waals surface area contributed by atoms with Crippen LogP contribution in [-0.4, -0.2) is 15.2 Å². The molecule has 0 saturated heterocycles. The van der Waals surface area contributed by atoms with E-state index in [4.69, 9.17) is 4.42 Å². The Bertz CT molecular complexity index is 457. The number of aryl methyl sites for hydroxylation is 1. The molecule has 1 N–H and O–H groups in total. The number of rotatable bonds is 1. The van der Waals surface area contributed by atoms with Crippen molar-refractivity contribution < 1.29 is 4.42 Å². The molecule has 0 spiro atoms. The molecule has 0 aliphatic carbocycles. The summed E-state index contributed by atoms with van der Waals surface area (Å²) in [6.07, 6.45) is 2.15. The molecule has 2 heterocycles. The van der Waals surface area contributed by atoms with Crippen LogP contribution in [0.1, 0.15) is 12.8 Å². The lowest BCUT2D eigenvalue weighted by Crippen LogP contribution is -2.05. The highest BCUT2D eigenvalue weighted by molar-refractivity contribution is 5.69. The molecular weight excluding hydrogens is 158 g/mol. The zero-order valence-corrected chi connectivity index (χ0v) is 6.50. The van der Waals surface area contributed by atoms with Crippen molar-refractivity contribution in [2.24, 2.45) is 0 Å². The van der Waals surface area contributed by atoms with Crippen LogP contribution in [0.15, 0.2) is 15.4 Å². The lowest BCUT2D eigenvalue weighted by Gasteiger charge is -1.80. The molecular formula is C7H7N3O2. The summed E-state index contributed by atoms with van der Waals surface area (Å²) in [6, 6.07) is 0. The molecule has 2 aromatic heterocycles. The van der Waals surface area contributed by atoms with Crippen molar-refractivity contribution in [3.8, 4) is 0 Å². The van der Waals surface area contributed by atoms with Crippen LogP contribution in [0.25, 0.3) is 11.1 Å². The van der Waals surface area contributed by atoms with Crippen LogP contribution in [0.2, 0.25) is 0 Å². The predicted octanol–water partition coefficient (Wildman–Crippen LogP) is 0.473. The lowest BCUT2D eigenvalue weighted by atomic mass is 10.5. The van der Waals surface area contributed by atoms with Gasteiger partial charge in [-0.3, -0.25) is 4.79 Å². The Labute approximate surface area is 67.4 Å². The Morgan fingerprint density at radius 2 is 2.50 bits per heavy atom. The summed E-state index contributed by atoms with van der Waals surface area (Å²) in [5.41, 5.74) is 0.428. The average molecular weight is 165 g/mol. The van der Waals surface area contributed by atoms with E-state index in [1.807, 2.05) is 6.92 Å². The molecule has 0 fully saturated rings. The quantitative estimate of drug-likeness (QED) is 0.666. The molecule has 0 aromatic carbocycles. The largest absolute Gasteiger partial charge is 0.435 e. The number of aromatic nitrogens is 3. The van der Waals surface area contributed by atoms with Crippen LogP contribution in [0, 0.1) is 0 Å². The van der Waals surface area contributed by atoms with Crippen molar-refractivity contribution >= 4 is 11.1 Å². The third kappa shape index (κ3) is 0.903. The summed E-state index contributed by atoms with van der Waals surface area (Å²) in [4.78, 5) is 15.1. The minimum Gasteiger partial charge on any atom is -0.435 e. The van der Waals surface area contributed by atoms with E-state index in [-0.39, 0.29) is 11.1 Å². The zero-order chi connectivity index (χ0) is 8.55. The monoisotopic (exact) mass is 165 g/mol. The van der Waals surface area contributed by atoms with Crippen molar-refractivity contribution in [1.29, 1.82) is 0 Å². The summed E-state index contributed by atoms with van der Waals surface area (Å²) >= 11 is 0. The summed E-state index contributed by atoms with van der Waals surface area (Å²) in [5.74, 6) is 0.559. The van der Waals surface area contributed by atoms with Gasteiger partial charge in [0.15, 0.2) is 5.89 Å². The summed E-state index contributed by atoms with van der Waals surface area (Å²) in [5, 5.41) is 5.87. The van der Waals surface area contributed by atoms with Crippen LogP contribution >= 0.6 is 0 Å². The van der Waals surface area contributed by atoms with E-state index in [9.17, 15) is 4.79 Å². The molecule has 0 atom stereocenters. The van der Waals surface area contributed by atoms with Gasteiger partial charge in [0.1, 0.15) is 5.52 Å². The first kappa shape index (κ1) is 7.02. The number of nitrogens with zero attached hydrogens (tertiary/aromatic N) is 2. The average Bonchev–Trinajstić information content (AvgIpc) is 2.49. The molecule has 2 aromatic rings. The normalized spacial score (nSPS) is 10.8. The van der Waals surface area contributed by atoms with Gasteiger partial charge in [-0.1, -0.05) is 6.92 Å². The third-order valence-electron chi connectivity index (χ3n) is 1.56. The Morgan fingerprint density at radius 1 is 1.67 bits per heavy atom. The third-order valence-corrected chi connectivity index (χ3v) is 1.56. The number of oxazole rings is 1. The molecule has 12 heavy (non-hydrogen) atoms. The van der Waals surface area contributed by atoms with E-state index in [1.54, 1.807) is 0 Å². The fourth-order valence-corrected chi connectivity index (χ4v) is 0.982. The van der Waals surface area contributed by atoms with E-state index >= 15 is 0 Å². The Morgan fingerprint density at radius 3 is 3.17 bits per heavy atom. The zero-order valence-electron chi connectivity index (χ0n) is 6.50. The second-order valence-electron chi connectivity index (χ2n) is 2.37. The predicted molar refractivity (Wildman–Crippen MR) is 41.8 cm³/mol. The maximum Gasteiger partial charge on any atom is 0.309 e. The van der Waals surface area contributed by atoms with Crippen molar-refractivity contribution in [2.75, 3.05) is 0 Å². The Hall–Kier alpha value is -1.65. The van der Waals surface area contributed by atoms with Crippen molar-refractivity contribution in [1.82, 2.24) is 15.2 Å². The Kier molecular flexibility index (Phi) is 1.43. The molecule has 0 amide bonds. The van der Waals surface area contributed by atoms with Gasteiger partial charge in [-0.25, -0.2) is 10.1 Å². The van der Waals surface area contributed by atoms with Gasteiger partial charge < -0.3 is 4.42 Å². The maximum absolute atomic E-state index is 11.1. The van der Waals surface area contributed by atoms with Gasteiger partial charge >= 0.3 is 5.56 Å². The fourth-order valence-electron chi connectivity index (χ4n) is 0.982. The van der Waals surface area contributed by atoms with Crippen molar-refractivity contribution in [3.05, 3.63) is 22.4 Å². The standard InChI is InChI=1S/C7H7N3O2/c1-2-5-9-4-3-8-10-7(11)6(4)12-5/h3H,2H2,1H3,(H,10,11). The van der Waals surface area contributed by atoms with Gasteiger partial charge in [-0.2, -0.15) is 5.10 Å². The van der Waals surface area contributed by atoms with Crippen LogP contribution in [0.3, 0.4) is 0 Å². The number of hydrogen-bond acceptors (Lipinski definition) is 4. The molecule has 0 aliphatic rings. The summed E-state index contributed by atoms with van der Waals surface area (Å²) in [7, 11) is 0. The van der Waals surface area contributed by atoms with Gasteiger partial charge in [0, 0.05) is 6.42 Å². The smallest absolute Gasteiger partial charge is 0.309 e. The first-order chi connectivity index (χ1) is 5.81. The van der Waals surface area contributed by atoms with Gasteiger partial charge in [0.2, 0.25) is 5.58 Å². The Balaban J connectivity index is 2.83. The minimum atomic E-state index is -0.334. The molecule has 2 rings (SSSR count). The van der Waals surface area contributed by atoms with Crippen LogP contribution in [0.4, 0.5) is 0 Å². The van der Waals surface area contributed by atoms with E-state index < -0.39 is 0 Å².